The van der Waals surface area contributed by atoms with Gasteiger partial charge in [0.25, 0.3) is 5.91 Å². The lowest BCUT2D eigenvalue weighted by Crippen LogP contribution is -2.11. The third-order valence-corrected chi connectivity index (χ3v) is 4.02. The van der Waals surface area contributed by atoms with E-state index in [0.717, 1.165) is 17.0 Å². The highest BCUT2D eigenvalue weighted by molar-refractivity contribution is 7.15. The Morgan fingerprint density at radius 2 is 2.37 bits per heavy atom. The molecule has 0 atom stereocenters. The van der Waals surface area contributed by atoms with Gasteiger partial charge in [0.2, 0.25) is 0 Å². The number of carbonyl (C=O) groups excluding carboxylic acids is 1. The van der Waals surface area contributed by atoms with Gasteiger partial charge in [-0.05, 0) is 18.2 Å². The molecule has 1 aliphatic heterocycles. The van der Waals surface area contributed by atoms with Gasteiger partial charge in [-0.25, -0.2) is 4.98 Å². The normalized spacial score (nSPS) is 13.9. The Bertz CT molecular complexity index is 603. The van der Waals surface area contributed by atoms with Crippen LogP contribution in [0.25, 0.3) is 0 Å². The van der Waals surface area contributed by atoms with Crippen LogP contribution in [0.5, 0.6) is 0 Å². The summed E-state index contributed by atoms with van der Waals surface area (Å²) in [6, 6.07) is 6.83. The number of ether oxygens (including phenoxy) is 1. The molecule has 1 aromatic heterocycles. The fraction of sp³-hybridized carbons (Fsp3) is 0.231. The topological polar surface area (TPSA) is 51.2 Å². The molecule has 0 fully saturated rings. The molecule has 0 spiro atoms. The Hall–Kier alpha value is -1.43. The standard InChI is InChI=1S/C13H11ClN2O2S/c14-9-3-1-2-8(6-9)12(17)16-13-15-10-4-5-18-7-11(10)19-13/h1-3,6H,4-5,7H2,(H,15,16,17). The Balaban J connectivity index is 1.77. The summed E-state index contributed by atoms with van der Waals surface area (Å²) < 4.78 is 5.35. The molecule has 1 aliphatic rings. The van der Waals surface area contributed by atoms with Crippen molar-refractivity contribution >= 4 is 34.0 Å². The second kappa shape index (κ2) is 5.28. The first kappa shape index (κ1) is 12.6. The van der Waals surface area contributed by atoms with Gasteiger partial charge in [0.1, 0.15) is 0 Å². The van der Waals surface area contributed by atoms with Gasteiger partial charge < -0.3 is 4.74 Å². The van der Waals surface area contributed by atoms with Crippen LogP contribution < -0.4 is 5.32 Å². The number of rotatable bonds is 2. The first-order valence-corrected chi connectivity index (χ1v) is 7.05. The number of aromatic nitrogens is 1. The van der Waals surface area contributed by atoms with E-state index in [0.29, 0.717) is 28.9 Å². The summed E-state index contributed by atoms with van der Waals surface area (Å²) in [4.78, 5) is 17.5. The number of carbonyl (C=O) groups is 1. The maximum absolute atomic E-state index is 12.0. The van der Waals surface area contributed by atoms with Gasteiger partial charge in [-0.1, -0.05) is 29.0 Å². The van der Waals surface area contributed by atoms with Crippen LogP contribution in [0.15, 0.2) is 24.3 Å². The fourth-order valence-corrected chi connectivity index (χ4v) is 3.01. The number of nitrogens with one attached hydrogen (secondary N) is 1. The molecule has 19 heavy (non-hydrogen) atoms. The predicted molar refractivity (Wildman–Crippen MR) is 74.9 cm³/mol. The predicted octanol–water partition coefficient (Wildman–Crippen LogP) is 3.12. The van der Waals surface area contributed by atoms with E-state index in [1.54, 1.807) is 24.3 Å². The molecule has 0 saturated carbocycles. The fourth-order valence-electron chi connectivity index (χ4n) is 1.88. The van der Waals surface area contributed by atoms with Crippen molar-refractivity contribution in [3.8, 4) is 0 Å². The van der Waals surface area contributed by atoms with E-state index in [9.17, 15) is 4.79 Å². The van der Waals surface area contributed by atoms with Gasteiger partial charge in [-0.2, -0.15) is 0 Å². The Morgan fingerprint density at radius 1 is 1.47 bits per heavy atom. The summed E-state index contributed by atoms with van der Waals surface area (Å²) in [5.41, 5.74) is 1.55. The summed E-state index contributed by atoms with van der Waals surface area (Å²) in [6.45, 7) is 1.28. The van der Waals surface area contributed by atoms with Gasteiger partial charge >= 0.3 is 0 Å². The Labute approximate surface area is 119 Å². The van der Waals surface area contributed by atoms with Gasteiger partial charge in [-0.3, -0.25) is 10.1 Å². The van der Waals surface area contributed by atoms with Crippen molar-refractivity contribution in [1.29, 1.82) is 0 Å². The van der Waals surface area contributed by atoms with Crippen molar-refractivity contribution in [2.75, 3.05) is 11.9 Å². The minimum Gasteiger partial charge on any atom is -0.375 e. The van der Waals surface area contributed by atoms with Crippen LogP contribution >= 0.6 is 22.9 Å². The number of anilines is 1. The number of benzene rings is 1. The van der Waals surface area contributed by atoms with Crippen molar-refractivity contribution in [2.45, 2.75) is 13.0 Å². The van der Waals surface area contributed by atoms with Crippen molar-refractivity contribution in [2.24, 2.45) is 0 Å². The van der Waals surface area contributed by atoms with Gasteiger partial charge in [0, 0.05) is 17.0 Å². The number of hydrogen-bond donors (Lipinski definition) is 1. The number of amides is 1. The quantitative estimate of drug-likeness (QED) is 0.926. The molecule has 6 heteroatoms. The zero-order valence-corrected chi connectivity index (χ0v) is 11.6. The van der Waals surface area contributed by atoms with Crippen LogP contribution in [0, 0.1) is 0 Å². The Morgan fingerprint density at radius 3 is 3.16 bits per heavy atom. The van der Waals surface area contributed by atoms with Crippen molar-refractivity contribution in [3.63, 3.8) is 0 Å². The van der Waals surface area contributed by atoms with E-state index >= 15 is 0 Å². The highest BCUT2D eigenvalue weighted by Gasteiger charge is 2.17. The summed E-state index contributed by atoms with van der Waals surface area (Å²) in [7, 11) is 0. The third-order valence-electron chi connectivity index (χ3n) is 2.80. The lowest BCUT2D eigenvalue weighted by molar-refractivity contribution is 0.102. The highest BCUT2D eigenvalue weighted by Crippen LogP contribution is 2.27. The van der Waals surface area contributed by atoms with Crippen LogP contribution in [0.4, 0.5) is 5.13 Å². The first-order valence-electron chi connectivity index (χ1n) is 5.85. The second-order valence-corrected chi connectivity index (χ2v) is 5.68. The molecule has 1 aromatic carbocycles. The average Bonchev–Trinajstić information content (AvgIpc) is 2.80. The van der Waals surface area contributed by atoms with Gasteiger partial charge in [0.05, 0.1) is 23.8 Å². The van der Waals surface area contributed by atoms with E-state index in [2.05, 4.69) is 10.3 Å². The minimum atomic E-state index is -0.200. The molecule has 98 valence electrons. The summed E-state index contributed by atoms with van der Waals surface area (Å²) in [5, 5.41) is 3.95. The van der Waals surface area contributed by atoms with E-state index in [-0.39, 0.29) is 5.91 Å². The van der Waals surface area contributed by atoms with Crippen LogP contribution in [0.1, 0.15) is 20.9 Å². The molecular weight excluding hydrogens is 284 g/mol. The number of fused-ring (bicyclic) bond motifs is 1. The SMILES string of the molecule is O=C(Nc1nc2c(s1)COCC2)c1cccc(Cl)c1. The first-order chi connectivity index (χ1) is 9.22. The van der Waals surface area contributed by atoms with Gasteiger partial charge in [-0.15, -0.1) is 0 Å². The lowest BCUT2D eigenvalue weighted by Gasteiger charge is -2.08. The largest absolute Gasteiger partial charge is 0.375 e. The van der Waals surface area contributed by atoms with Crippen LogP contribution in [0.2, 0.25) is 5.02 Å². The summed E-state index contributed by atoms with van der Waals surface area (Å²) in [6.07, 6.45) is 0.804. The van der Waals surface area contributed by atoms with Crippen LogP contribution in [-0.4, -0.2) is 17.5 Å². The number of hydrogen-bond acceptors (Lipinski definition) is 4. The number of halogens is 1. The van der Waals surface area contributed by atoms with E-state index < -0.39 is 0 Å². The highest BCUT2D eigenvalue weighted by atomic mass is 35.5. The average molecular weight is 295 g/mol. The molecule has 0 aliphatic carbocycles. The van der Waals surface area contributed by atoms with Crippen molar-refractivity contribution < 1.29 is 9.53 Å². The summed E-state index contributed by atoms with van der Waals surface area (Å²) in [5.74, 6) is -0.200. The molecule has 0 radical (unpaired) electrons. The summed E-state index contributed by atoms with van der Waals surface area (Å²) >= 11 is 7.33. The van der Waals surface area contributed by atoms with Crippen LogP contribution in [-0.2, 0) is 17.8 Å². The Kier molecular flexibility index (Phi) is 3.50. The molecule has 3 rings (SSSR count). The number of thiazole rings is 1. The van der Waals surface area contributed by atoms with Crippen molar-refractivity contribution in [1.82, 2.24) is 4.98 Å². The van der Waals surface area contributed by atoms with Gasteiger partial charge in [0.15, 0.2) is 5.13 Å². The van der Waals surface area contributed by atoms with Crippen molar-refractivity contribution in [3.05, 3.63) is 45.4 Å². The zero-order valence-electron chi connectivity index (χ0n) is 9.98. The maximum Gasteiger partial charge on any atom is 0.257 e. The lowest BCUT2D eigenvalue weighted by atomic mass is 10.2. The molecule has 2 aromatic rings. The molecule has 4 nitrogen and oxygen atoms in total. The van der Waals surface area contributed by atoms with E-state index in [1.807, 2.05) is 0 Å². The molecular formula is C13H11ClN2O2S. The molecule has 1 amide bonds. The smallest absolute Gasteiger partial charge is 0.257 e. The molecule has 0 bridgehead atoms. The monoisotopic (exact) mass is 294 g/mol. The minimum absolute atomic E-state index is 0.200. The second-order valence-electron chi connectivity index (χ2n) is 4.16. The third kappa shape index (κ3) is 2.78. The maximum atomic E-state index is 12.0. The zero-order chi connectivity index (χ0) is 13.2. The van der Waals surface area contributed by atoms with E-state index in [1.165, 1.54) is 11.3 Å². The molecule has 0 saturated heterocycles. The van der Waals surface area contributed by atoms with Crippen LogP contribution in [0.3, 0.4) is 0 Å². The molecule has 1 N–H and O–H groups in total. The molecule has 2 heterocycles. The number of nitrogens with zero attached hydrogens (tertiary/aromatic N) is 1. The molecule has 0 unspecified atom stereocenters. The van der Waals surface area contributed by atoms with E-state index in [4.69, 9.17) is 16.3 Å².